The van der Waals surface area contributed by atoms with E-state index < -0.39 is 0 Å². The van der Waals surface area contributed by atoms with Crippen LogP contribution in [0.25, 0.3) is 0 Å². The second-order valence-corrected chi connectivity index (χ2v) is 4.34. The topological polar surface area (TPSA) is 9.23 Å². The summed E-state index contributed by atoms with van der Waals surface area (Å²) < 4.78 is 5.77. The lowest BCUT2D eigenvalue weighted by molar-refractivity contribution is -0.0890. The zero-order chi connectivity index (χ0) is 10.5. The molecule has 0 aliphatic carbocycles. The van der Waals surface area contributed by atoms with E-state index in [4.69, 9.17) is 27.9 Å². The first-order chi connectivity index (χ1) is 6.02. The molecular weight excluding hydrogens is 207 g/mol. The lowest BCUT2D eigenvalue weighted by Crippen LogP contribution is -2.44. The number of hydrogen-bond donors (Lipinski definition) is 0. The molecular formula is C10H20Cl2O. The van der Waals surface area contributed by atoms with Crippen molar-refractivity contribution in [2.45, 2.75) is 33.3 Å². The van der Waals surface area contributed by atoms with Crippen molar-refractivity contribution < 1.29 is 4.74 Å². The molecule has 0 fully saturated rings. The van der Waals surface area contributed by atoms with Crippen molar-refractivity contribution >= 4 is 23.2 Å². The number of alkyl halides is 2. The van der Waals surface area contributed by atoms with E-state index in [-0.39, 0.29) is 5.60 Å². The first-order valence-electron chi connectivity index (χ1n) is 4.78. The molecule has 0 saturated carbocycles. The van der Waals surface area contributed by atoms with Crippen LogP contribution in [0.4, 0.5) is 0 Å². The van der Waals surface area contributed by atoms with Gasteiger partial charge in [0.05, 0.1) is 5.60 Å². The molecule has 0 heterocycles. The summed E-state index contributed by atoms with van der Waals surface area (Å²) in [5.41, 5.74) is -0.196. The van der Waals surface area contributed by atoms with Crippen molar-refractivity contribution in [3.63, 3.8) is 0 Å². The molecule has 0 aromatic rings. The van der Waals surface area contributed by atoms with E-state index in [1.165, 1.54) is 0 Å². The molecule has 3 heteroatoms. The number of ether oxygens (including phenoxy) is 1. The molecule has 0 amide bonds. The van der Waals surface area contributed by atoms with Crippen molar-refractivity contribution in [1.82, 2.24) is 0 Å². The van der Waals surface area contributed by atoms with Crippen molar-refractivity contribution in [1.29, 1.82) is 0 Å². The lowest BCUT2D eigenvalue weighted by Gasteiger charge is -2.39. The maximum Gasteiger partial charge on any atom is 0.0727 e. The molecule has 0 radical (unpaired) electrons. The van der Waals surface area contributed by atoms with Gasteiger partial charge in [-0.05, 0) is 25.7 Å². The molecule has 0 rings (SSSR count). The van der Waals surface area contributed by atoms with Gasteiger partial charge in [0.2, 0.25) is 0 Å². The molecule has 13 heavy (non-hydrogen) atoms. The van der Waals surface area contributed by atoms with Gasteiger partial charge >= 0.3 is 0 Å². The van der Waals surface area contributed by atoms with E-state index in [1.807, 2.05) is 6.92 Å². The summed E-state index contributed by atoms with van der Waals surface area (Å²) in [5, 5.41) is 0. The van der Waals surface area contributed by atoms with E-state index in [0.717, 1.165) is 0 Å². The van der Waals surface area contributed by atoms with Crippen LogP contribution in [-0.2, 0) is 4.74 Å². The van der Waals surface area contributed by atoms with Crippen LogP contribution in [0.2, 0.25) is 0 Å². The summed E-state index contributed by atoms with van der Waals surface area (Å²) in [5.74, 6) is 1.86. The van der Waals surface area contributed by atoms with Crippen LogP contribution in [0, 0.1) is 11.8 Å². The maximum absolute atomic E-state index is 5.85. The number of hydrogen-bond acceptors (Lipinski definition) is 1. The molecule has 0 bridgehead atoms. The van der Waals surface area contributed by atoms with E-state index in [9.17, 15) is 0 Å². The molecule has 1 nitrogen and oxygen atoms in total. The molecule has 80 valence electrons. The lowest BCUT2D eigenvalue weighted by atomic mass is 9.82. The van der Waals surface area contributed by atoms with Crippen LogP contribution in [0.3, 0.4) is 0 Å². The summed E-state index contributed by atoms with van der Waals surface area (Å²) in [6, 6.07) is 0. The second-order valence-electron chi connectivity index (χ2n) is 3.73. The Balaban J connectivity index is 4.50. The Morgan fingerprint density at radius 2 is 1.54 bits per heavy atom. The Labute approximate surface area is 91.7 Å². The molecule has 0 aromatic carbocycles. The molecule has 0 spiro atoms. The third-order valence-electron chi connectivity index (χ3n) is 2.88. The van der Waals surface area contributed by atoms with Crippen molar-refractivity contribution in [2.24, 2.45) is 11.8 Å². The van der Waals surface area contributed by atoms with Crippen LogP contribution < -0.4 is 0 Å². The van der Waals surface area contributed by atoms with Gasteiger partial charge in [-0.3, -0.25) is 0 Å². The van der Waals surface area contributed by atoms with Gasteiger partial charge in [0.15, 0.2) is 0 Å². The van der Waals surface area contributed by atoms with Crippen LogP contribution >= 0.6 is 23.2 Å². The van der Waals surface area contributed by atoms with Gasteiger partial charge < -0.3 is 4.74 Å². The number of halogens is 2. The highest BCUT2D eigenvalue weighted by atomic mass is 35.5. The summed E-state index contributed by atoms with van der Waals surface area (Å²) >= 11 is 11.7. The van der Waals surface area contributed by atoms with Gasteiger partial charge in [0.1, 0.15) is 0 Å². The molecule has 0 aliphatic heterocycles. The average Bonchev–Trinajstić information content (AvgIpc) is 2.15. The monoisotopic (exact) mass is 226 g/mol. The van der Waals surface area contributed by atoms with E-state index >= 15 is 0 Å². The highest BCUT2D eigenvalue weighted by molar-refractivity contribution is 6.18. The van der Waals surface area contributed by atoms with Gasteiger partial charge in [-0.15, -0.1) is 23.2 Å². The SMILES string of the molecule is CCOC(C)(C(C)CCl)C(C)CCl. The summed E-state index contributed by atoms with van der Waals surface area (Å²) in [6.45, 7) is 9.01. The van der Waals surface area contributed by atoms with Crippen molar-refractivity contribution in [3.8, 4) is 0 Å². The highest BCUT2D eigenvalue weighted by Crippen LogP contribution is 2.31. The Morgan fingerprint density at radius 1 is 1.15 bits per heavy atom. The fourth-order valence-corrected chi connectivity index (χ4v) is 2.00. The zero-order valence-corrected chi connectivity index (χ0v) is 10.5. The highest BCUT2D eigenvalue weighted by Gasteiger charge is 2.36. The molecule has 0 aliphatic rings. The maximum atomic E-state index is 5.85. The molecule has 2 atom stereocenters. The molecule has 0 aromatic heterocycles. The van der Waals surface area contributed by atoms with Crippen LogP contribution in [0.15, 0.2) is 0 Å². The summed E-state index contributed by atoms with van der Waals surface area (Å²) in [6.07, 6.45) is 0. The van der Waals surface area contributed by atoms with Crippen molar-refractivity contribution in [3.05, 3.63) is 0 Å². The third kappa shape index (κ3) is 3.30. The third-order valence-corrected chi connectivity index (χ3v) is 3.80. The fourth-order valence-electron chi connectivity index (χ4n) is 1.39. The molecule has 0 N–H and O–H groups in total. The first-order valence-corrected chi connectivity index (χ1v) is 5.85. The average molecular weight is 227 g/mol. The Morgan fingerprint density at radius 3 is 1.77 bits per heavy atom. The standard InChI is InChI=1S/C10H20Cl2O/c1-5-13-10(4,8(2)6-11)9(3)7-12/h8-9H,5-7H2,1-4H3. The Hall–Kier alpha value is 0.540. The van der Waals surface area contributed by atoms with E-state index in [2.05, 4.69) is 20.8 Å². The van der Waals surface area contributed by atoms with Gasteiger partial charge in [0.25, 0.3) is 0 Å². The quantitative estimate of drug-likeness (QED) is 0.631. The van der Waals surface area contributed by atoms with Gasteiger partial charge in [-0.1, -0.05) is 13.8 Å². The first kappa shape index (κ1) is 13.5. The zero-order valence-electron chi connectivity index (χ0n) is 8.94. The second kappa shape index (κ2) is 6.10. The predicted molar refractivity (Wildman–Crippen MR) is 59.8 cm³/mol. The van der Waals surface area contributed by atoms with Gasteiger partial charge in [-0.25, -0.2) is 0 Å². The Bertz CT molecular complexity index is 129. The Kier molecular flexibility index (Phi) is 6.36. The van der Waals surface area contributed by atoms with Gasteiger partial charge in [0, 0.05) is 18.4 Å². The van der Waals surface area contributed by atoms with E-state index in [0.29, 0.717) is 30.2 Å². The molecule has 0 saturated heterocycles. The van der Waals surface area contributed by atoms with Crippen LogP contribution in [0.5, 0.6) is 0 Å². The minimum Gasteiger partial charge on any atom is -0.375 e. The predicted octanol–water partition coefficient (Wildman–Crippen LogP) is 3.53. The van der Waals surface area contributed by atoms with E-state index in [1.54, 1.807) is 0 Å². The number of rotatable bonds is 6. The van der Waals surface area contributed by atoms with Crippen LogP contribution in [0.1, 0.15) is 27.7 Å². The molecule has 2 unspecified atom stereocenters. The van der Waals surface area contributed by atoms with Gasteiger partial charge in [-0.2, -0.15) is 0 Å². The fraction of sp³-hybridized carbons (Fsp3) is 1.00. The van der Waals surface area contributed by atoms with Crippen molar-refractivity contribution in [2.75, 3.05) is 18.4 Å². The smallest absolute Gasteiger partial charge is 0.0727 e. The largest absolute Gasteiger partial charge is 0.375 e. The summed E-state index contributed by atoms with van der Waals surface area (Å²) in [4.78, 5) is 0. The van der Waals surface area contributed by atoms with Crippen LogP contribution in [-0.4, -0.2) is 24.0 Å². The minimum absolute atomic E-state index is 0.196. The minimum atomic E-state index is -0.196. The normalized spacial score (nSPS) is 20.8. The summed E-state index contributed by atoms with van der Waals surface area (Å²) in [7, 11) is 0.